The Balaban J connectivity index is 3.23. The lowest BCUT2D eigenvalue weighted by molar-refractivity contribution is 0.0779. The molecule has 0 fully saturated rings. The van der Waals surface area contributed by atoms with Crippen LogP contribution in [0.2, 0.25) is 0 Å². The van der Waals surface area contributed by atoms with Crippen molar-refractivity contribution in [2.45, 2.75) is 5.25 Å². The fraction of sp³-hybridized carbons (Fsp3) is 0.333. The van der Waals surface area contributed by atoms with Gasteiger partial charge in [-0.25, -0.2) is 0 Å². The van der Waals surface area contributed by atoms with Gasteiger partial charge in [0.25, 0.3) is 0 Å². The number of halogens is 2. The minimum absolute atomic E-state index is 0.188. The molecule has 3 N–H and O–H groups in total. The van der Waals surface area contributed by atoms with Gasteiger partial charge in [0, 0.05) is 0 Å². The van der Waals surface area contributed by atoms with Crippen molar-refractivity contribution in [1.29, 1.82) is 0 Å². The first kappa shape index (κ1) is 10.2. The van der Waals surface area contributed by atoms with Crippen LogP contribution in [-0.4, -0.2) is 23.2 Å². The van der Waals surface area contributed by atoms with Gasteiger partial charge in [-0.05, 0) is 0 Å². The summed E-state index contributed by atoms with van der Waals surface area (Å²) in [6, 6.07) is 0. The van der Waals surface area contributed by atoms with Gasteiger partial charge in [-0.15, -0.1) is 10.2 Å². The maximum Gasteiger partial charge on any atom is 0.422 e. The lowest BCUT2D eigenvalue weighted by atomic mass is 10.7. The first-order valence-electron chi connectivity index (χ1n) is 2.69. The van der Waals surface area contributed by atoms with Crippen molar-refractivity contribution in [2.24, 2.45) is 0 Å². The fourth-order valence-electron chi connectivity index (χ4n) is 0.463. The molecule has 6 nitrogen and oxygen atoms in total. The van der Waals surface area contributed by atoms with E-state index in [1.165, 1.54) is 0 Å². The van der Waals surface area contributed by atoms with E-state index in [0.29, 0.717) is 0 Å². The van der Waals surface area contributed by atoms with Crippen LogP contribution in [0.4, 0.5) is 13.9 Å². The van der Waals surface area contributed by atoms with E-state index in [2.05, 4.69) is 10.2 Å². The molecule has 0 unspecified atom stereocenters. The van der Waals surface area contributed by atoms with Crippen LogP contribution in [0.3, 0.4) is 0 Å². The predicted octanol–water partition coefficient (Wildman–Crippen LogP) is 0.0574. The smallest absolute Gasteiger partial charge is 0.374 e. The molecule has 1 rings (SSSR count). The van der Waals surface area contributed by atoms with Crippen LogP contribution in [0.25, 0.3) is 0 Å². The van der Waals surface area contributed by atoms with Gasteiger partial charge >= 0.3 is 15.4 Å². The van der Waals surface area contributed by atoms with Gasteiger partial charge in [0.05, 0.1) is 0 Å². The Bertz CT molecular complexity index is 413. The van der Waals surface area contributed by atoms with Gasteiger partial charge in [-0.1, -0.05) is 11.3 Å². The monoisotopic (exact) mass is 231 g/mol. The number of hydrogen-bond donors (Lipinski definition) is 2. The van der Waals surface area contributed by atoms with Crippen LogP contribution in [0.1, 0.15) is 5.01 Å². The second-order valence-electron chi connectivity index (χ2n) is 1.94. The molecule has 0 aliphatic carbocycles. The molecule has 0 atom stereocenters. The van der Waals surface area contributed by atoms with Crippen molar-refractivity contribution in [2.75, 3.05) is 5.73 Å². The minimum atomic E-state index is -5.52. The summed E-state index contributed by atoms with van der Waals surface area (Å²) >= 11 is 0.188. The Labute approximate surface area is 75.1 Å². The Hall–Kier alpha value is -0.870. The average molecular weight is 231 g/mol. The highest BCUT2D eigenvalue weighted by atomic mass is 32.2. The third-order valence-corrected chi connectivity index (χ3v) is 2.81. The number of nitrogen functional groups attached to an aromatic ring is 1. The van der Waals surface area contributed by atoms with Crippen LogP contribution < -0.4 is 5.73 Å². The summed E-state index contributed by atoms with van der Waals surface area (Å²) in [5.74, 6) is 0. The molecular weight excluding hydrogens is 228 g/mol. The highest BCUT2D eigenvalue weighted by Crippen LogP contribution is 2.35. The number of rotatable bonds is 2. The molecule has 0 aliphatic heterocycles. The molecular formula is C3H3F2N3O3S2. The van der Waals surface area contributed by atoms with Gasteiger partial charge in [0.2, 0.25) is 10.1 Å². The lowest BCUT2D eigenvalue weighted by Crippen LogP contribution is -2.25. The van der Waals surface area contributed by atoms with Crippen molar-refractivity contribution in [3.63, 3.8) is 0 Å². The molecule has 0 saturated carbocycles. The molecule has 0 bridgehead atoms. The van der Waals surface area contributed by atoms with E-state index in [4.69, 9.17) is 10.3 Å². The molecule has 0 spiro atoms. The number of nitrogens with zero attached hydrogens (tertiary/aromatic N) is 2. The molecule has 0 radical (unpaired) electrons. The van der Waals surface area contributed by atoms with Gasteiger partial charge in [0.15, 0.2) is 0 Å². The third kappa shape index (κ3) is 1.73. The zero-order chi connectivity index (χ0) is 10.3. The molecule has 0 aromatic carbocycles. The number of nitrogens with two attached hydrogens (primary N) is 1. The maximum atomic E-state index is 12.7. The Morgan fingerprint density at radius 3 is 2.31 bits per heavy atom. The van der Waals surface area contributed by atoms with E-state index in [0.717, 1.165) is 0 Å². The average Bonchev–Trinajstić information content (AvgIpc) is 2.33. The highest BCUT2D eigenvalue weighted by molar-refractivity contribution is 7.86. The van der Waals surface area contributed by atoms with Gasteiger partial charge in [-0.2, -0.15) is 17.2 Å². The standard InChI is InChI=1S/C3H3F2N3O3S2/c4-3(5,13(9,10)11)1-7-8-2(6)12-1/h(H2,6,8)(H,9,10,11). The fourth-order valence-corrected chi connectivity index (χ4v) is 1.65. The van der Waals surface area contributed by atoms with Crippen molar-refractivity contribution in [3.05, 3.63) is 5.01 Å². The van der Waals surface area contributed by atoms with Crippen molar-refractivity contribution in [3.8, 4) is 0 Å². The molecule has 13 heavy (non-hydrogen) atoms. The van der Waals surface area contributed by atoms with E-state index in [9.17, 15) is 17.2 Å². The topological polar surface area (TPSA) is 106 Å². The lowest BCUT2D eigenvalue weighted by Gasteiger charge is -2.07. The molecule has 0 saturated heterocycles. The van der Waals surface area contributed by atoms with Gasteiger partial charge < -0.3 is 5.73 Å². The summed E-state index contributed by atoms with van der Waals surface area (Å²) < 4.78 is 53.8. The summed E-state index contributed by atoms with van der Waals surface area (Å²) in [4.78, 5) is 0. The summed E-state index contributed by atoms with van der Waals surface area (Å²) in [6.07, 6.45) is 0. The number of alkyl halides is 2. The molecule has 10 heteroatoms. The van der Waals surface area contributed by atoms with Crippen LogP contribution in [0, 0.1) is 0 Å². The molecule has 0 amide bonds. The summed E-state index contributed by atoms with van der Waals surface area (Å²) in [7, 11) is -5.52. The molecule has 0 aliphatic rings. The molecule has 1 aromatic rings. The van der Waals surface area contributed by atoms with Crippen LogP contribution in [0.5, 0.6) is 0 Å². The highest BCUT2D eigenvalue weighted by Gasteiger charge is 2.49. The first-order valence-corrected chi connectivity index (χ1v) is 4.95. The van der Waals surface area contributed by atoms with E-state index < -0.39 is 20.4 Å². The largest absolute Gasteiger partial charge is 0.422 e. The van der Waals surface area contributed by atoms with E-state index in [1.807, 2.05) is 0 Å². The Kier molecular flexibility index (Phi) is 2.21. The van der Waals surface area contributed by atoms with Crippen LogP contribution in [0.15, 0.2) is 0 Å². The Morgan fingerprint density at radius 2 is 2.00 bits per heavy atom. The zero-order valence-electron chi connectivity index (χ0n) is 5.81. The second kappa shape index (κ2) is 2.82. The summed E-state index contributed by atoms with van der Waals surface area (Å²) in [5, 5.41) is -0.127. The molecule has 1 heterocycles. The van der Waals surface area contributed by atoms with Crippen molar-refractivity contribution in [1.82, 2.24) is 10.2 Å². The van der Waals surface area contributed by atoms with Crippen LogP contribution in [-0.2, 0) is 15.4 Å². The maximum absolute atomic E-state index is 12.7. The van der Waals surface area contributed by atoms with E-state index >= 15 is 0 Å². The van der Waals surface area contributed by atoms with Gasteiger partial charge in [-0.3, -0.25) is 4.55 Å². The SMILES string of the molecule is Nc1nnc(C(F)(F)S(=O)(=O)O)s1. The summed E-state index contributed by atoms with van der Waals surface area (Å²) in [6.45, 7) is 0. The minimum Gasteiger partial charge on any atom is -0.374 e. The Morgan fingerprint density at radius 1 is 1.46 bits per heavy atom. The quantitative estimate of drug-likeness (QED) is 0.697. The molecule has 1 aromatic heterocycles. The number of hydrogen-bond acceptors (Lipinski definition) is 6. The van der Waals surface area contributed by atoms with E-state index in [-0.39, 0.29) is 16.5 Å². The van der Waals surface area contributed by atoms with Crippen LogP contribution >= 0.6 is 11.3 Å². The van der Waals surface area contributed by atoms with Gasteiger partial charge in [0.1, 0.15) is 0 Å². The third-order valence-electron chi connectivity index (χ3n) is 1.01. The predicted molar refractivity (Wildman–Crippen MR) is 39.8 cm³/mol. The van der Waals surface area contributed by atoms with Crippen molar-refractivity contribution >= 4 is 26.6 Å². The van der Waals surface area contributed by atoms with Crippen molar-refractivity contribution < 1.29 is 21.8 Å². The van der Waals surface area contributed by atoms with E-state index in [1.54, 1.807) is 0 Å². The normalized spacial score (nSPS) is 13.2. The number of anilines is 1. The molecule has 74 valence electrons. The second-order valence-corrected chi connectivity index (χ2v) is 4.41. The first-order chi connectivity index (χ1) is 5.75. The summed E-state index contributed by atoms with van der Waals surface area (Å²) in [5.41, 5.74) is 4.95. The zero-order valence-corrected chi connectivity index (χ0v) is 7.44. The number of aromatic nitrogens is 2.